The van der Waals surface area contributed by atoms with E-state index >= 15 is 0 Å². The zero-order valence-electron chi connectivity index (χ0n) is 10.0. The lowest BCUT2D eigenvalue weighted by molar-refractivity contribution is 0.764. The quantitative estimate of drug-likeness (QED) is 0.617. The number of hydrogen-bond acceptors (Lipinski definition) is 0. The molecule has 0 aromatic rings. The van der Waals surface area contributed by atoms with Crippen molar-refractivity contribution in [2.24, 2.45) is 5.92 Å². The van der Waals surface area contributed by atoms with Crippen molar-refractivity contribution >= 4 is 23.8 Å². The van der Waals surface area contributed by atoms with Crippen LogP contribution in [-0.4, -0.2) is 58.5 Å². The predicted molar refractivity (Wildman–Crippen MR) is 74.4 cm³/mol. The van der Waals surface area contributed by atoms with Gasteiger partial charge < -0.3 is 0 Å². The molecule has 0 aliphatic heterocycles. The Kier molecular flexibility index (Phi) is 8.32. The van der Waals surface area contributed by atoms with E-state index in [1.54, 1.807) is 0 Å². The molecule has 13 heavy (non-hydrogen) atoms. The van der Waals surface area contributed by atoms with Crippen molar-refractivity contribution in [3.05, 3.63) is 0 Å². The minimum atomic E-state index is 0.320. The largest absolute Gasteiger partial charge is 0.113 e. The predicted octanol–water partition coefficient (Wildman–Crippen LogP) is 3.83. The molecule has 0 unspecified atom stereocenters. The summed E-state index contributed by atoms with van der Waals surface area (Å²) in [4.78, 5) is 0. The molecule has 0 aliphatic rings. The first-order valence-corrected chi connectivity index (χ1v) is 12.1. The van der Waals surface area contributed by atoms with Crippen LogP contribution >= 0.6 is 23.8 Å². The van der Waals surface area contributed by atoms with Gasteiger partial charge in [0.05, 0.1) is 0 Å². The molecule has 0 rings (SSSR count). The molecule has 0 aromatic carbocycles. The Morgan fingerprint density at radius 3 is 1.00 bits per heavy atom. The zero-order valence-corrected chi connectivity index (χ0v) is 12.7. The molecule has 0 fully saturated rings. The first-order chi connectivity index (χ1) is 5.91. The molecular weight excluding hydrogens is 213 g/mol. The smallest absolute Gasteiger partial charge is 0.0296 e. The van der Waals surface area contributed by atoms with Crippen molar-refractivity contribution in [2.75, 3.05) is 58.5 Å². The Balaban J connectivity index is 3.87. The van der Waals surface area contributed by atoms with E-state index in [9.17, 15) is 0 Å². The summed E-state index contributed by atoms with van der Waals surface area (Å²) < 4.78 is 0. The van der Waals surface area contributed by atoms with Crippen LogP contribution in [0.4, 0.5) is 0 Å². The molecule has 0 saturated carbocycles. The second-order valence-electron chi connectivity index (χ2n) is 4.65. The van der Waals surface area contributed by atoms with Crippen LogP contribution in [0.15, 0.2) is 0 Å². The van der Waals surface area contributed by atoms with Crippen LogP contribution < -0.4 is 0 Å². The Labute approximate surface area is 88.5 Å². The maximum Gasteiger partial charge on any atom is -0.0296 e. The van der Waals surface area contributed by atoms with Crippen LogP contribution in [0.2, 0.25) is 0 Å². The van der Waals surface area contributed by atoms with Gasteiger partial charge in [0.15, 0.2) is 0 Å². The van der Waals surface area contributed by atoms with E-state index in [4.69, 9.17) is 0 Å². The van der Waals surface area contributed by atoms with E-state index in [2.05, 4.69) is 40.0 Å². The summed E-state index contributed by atoms with van der Waals surface area (Å²) in [5, 5.41) is 0. The van der Waals surface area contributed by atoms with E-state index in [1.165, 1.54) is 18.5 Å². The highest BCUT2D eigenvalue weighted by Crippen LogP contribution is 2.39. The molecule has 0 bridgehead atoms. The van der Waals surface area contributed by atoms with Gasteiger partial charge in [-0.25, -0.2) is 0 Å². The van der Waals surface area contributed by atoms with Gasteiger partial charge in [-0.1, -0.05) is 0 Å². The summed E-state index contributed by atoms with van der Waals surface area (Å²) in [7, 11) is 0.959. The highest BCUT2D eigenvalue weighted by molar-refractivity contribution is 7.58. The average Bonchev–Trinajstić information content (AvgIpc) is 1.80. The molecule has 0 atom stereocenters. The second-order valence-corrected chi connectivity index (χ2v) is 12.2. The van der Waals surface area contributed by atoms with Gasteiger partial charge in [-0.05, 0) is 64.4 Å². The van der Waals surface area contributed by atoms with Crippen molar-refractivity contribution in [3.8, 4) is 0 Å². The van der Waals surface area contributed by atoms with Crippen molar-refractivity contribution in [2.45, 2.75) is 0 Å². The second kappa shape index (κ2) is 7.56. The summed E-state index contributed by atoms with van der Waals surface area (Å²) in [5.74, 6) is 1.04. The standard InChI is InChI=1S/C10H25P3/c1-11(2)7-10(8-12(3)4)9-13(5)6/h10H,7-9H2,1-6H3. The van der Waals surface area contributed by atoms with Crippen molar-refractivity contribution in [1.82, 2.24) is 0 Å². The van der Waals surface area contributed by atoms with Gasteiger partial charge in [-0.2, -0.15) is 0 Å². The lowest BCUT2D eigenvalue weighted by Gasteiger charge is -2.23. The normalized spacial score (nSPS) is 12.5. The number of rotatable bonds is 6. The van der Waals surface area contributed by atoms with Crippen LogP contribution in [0, 0.1) is 5.92 Å². The summed E-state index contributed by atoms with van der Waals surface area (Å²) >= 11 is 0. The fourth-order valence-electron chi connectivity index (χ4n) is 1.72. The fourth-order valence-corrected chi connectivity index (χ4v) is 6.21. The van der Waals surface area contributed by atoms with Crippen LogP contribution in [0.1, 0.15) is 0 Å². The minimum Gasteiger partial charge on any atom is -0.113 e. The van der Waals surface area contributed by atoms with Crippen LogP contribution in [0.5, 0.6) is 0 Å². The lowest BCUT2D eigenvalue weighted by Crippen LogP contribution is -2.13. The first-order valence-electron chi connectivity index (χ1n) is 4.86. The monoisotopic (exact) mass is 238 g/mol. The molecule has 0 amide bonds. The maximum atomic E-state index is 2.42. The third-order valence-corrected chi connectivity index (χ3v) is 5.61. The summed E-state index contributed by atoms with van der Waals surface area (Å²) in [5.41, 5.74) is 0. The van der Waals surface area contributed by atoms with E-state index < -0.39 is 0 Å². The molecule has 0 saturated heterocycles. The highest BCUT2D eigenvalue weighted by Gasteiger charge is 2.13. The summed E-state index contributed by atoms with van der Waals surface area (Å²) in [6, 6.07) is 0. The van der Waals surface area contributed by atoms with Crippen LogP contribution in [0.3, 0.4) is 0 Å². The molecule has 0 aliphatic carbocycles. The van der Waals surface area contributed by atoms with Gasteiger partial charge in [0, 0.05) is 0 Å². The molecule has 0 N–H and O–H groups in total. The molecule has 0 aromatic heterocycles. The van der Waals surface area contributed by atoms with Gasteiger partial charge >= 0.3 is 0 Å². The van der Waals surface area contributed by atoms with Crippen LogP contribution in [0.25, 0.3) is 0 Å². The zero-order chi connectivity index (χ0) is 10.4. The van der Waals surface area contributed by atoms with Crippen LogP contribution in [-0.2, 0) is 0 Å². The SMILES string of the molecule is CP(C)CC(CP(C)C)CP(C)C. The summed E-state index contributed by atoms with van der Waals surface area (Å²) in [6.07, 6.45) is 4.53. The summed E-state index contributed by atoms with van der Waals surface area (Å²) in [6.45, 7) is 14.5. The molecule has 0 nitrogen and oxygen atoms in total. The van der Waals surface area contributed by atoms with E-state index in [-0.39, 0.29) is 0 Å². The number of hydrogen-bond donors (Lipinski definition) is 0. The third-order valence-electron chi connectivity index (χ3n) is 1.87. The minimum absolute atomic E-state index is 0.320. The Morgan fingerprint density at radius 1 is 0.615 bits per heavy atom. The molecular formula is C10H25P3. The molecule has 0 radical (unpaired) electrons. The highest BCUT2D eigenvalue weighted by atomic mass is 31.1. The molecule has 0 spiro atoms. The maximum absolute atomic E-state index is 2.42. The topological polar surface area (TPSA) is 0 Å². The van der Waals surface area contributed by atoms with Gasteiger partial charge in [-0.15, -0.1) is 23.8 Å². The van der Waals surface area contributed by atoms with Gasteiger partial charge in [0.25, 0.3) is 0 Å². The van der Waals surface area contributed by atoms with E-state index in [1.807, 2.05) is 0 Å². The Morgan fingerprint density at radius 2 is 0.846 bits per heavy atom. The van der Waals surface area contributed by atoms with Gasteiger partial charge in [0.1, 0.15) is 0 Å². The molecule has 80 valence electrons. The first kappa shape index (κ1) is 14.3. The van der Waals surface area contributed by atoms with E-state index in [0.717, 1.165) is 5.92 Å². The lowest BCUT2D eigenvalue weighted by atomic mass is 10.3. The Bertz CT molecular complexity index is 97.6. The van der Waals surface area contributed by atoms with Gasteiger partial charge in [0.2, 0.25) is 0 Å². The molecule has 0 heterocycles. The molecule has 3 heteroatoms. The Hall–Kier alpha value is 1.29. The van der Waals surface area contributed by atoms with Gasteiger partial charge in [-0.3, -0.25) is 0 Å². The van der Waals surface area contributed by atoms with Crippen molar-refractivity contribution in [3.63, 3.8) is 0 Å². The van der Waals surface area contributed by atoms with Crippen molar-refractivity contribution in [1.29, 1.82) is 0 Å². The van der Waals surface area contributed by atoms with E-state index in [0.29, 0.717) is 23.8 Å². The average molecular weight is 238 g/mol. The third kappa shape index (κ3) is 9.59. The fraction of sp³-hybridized carbons (Fsp3) is 1.00. The van der Waals surface area contributed by atoms with Crippen molar-refractivity contribution < 1.29 is 0 Å².